The molecule has 1 aromatic rings. The maximum atomic E-state index is 10.7. The minimum Gasteiger partial charge on any atom is -0.388 e. The zero-order valence-electron chi connectivity index (χ0n) is 8.39. The molecule has 0 bridgehead atoms. The molecule has 0 fully saturated rings. The van der Waals surface area contributed by atoms with Gasteiger partial charge in [0.2, 0.25) is 0 Å². The molecule has 2 unspecified atom stereocenters. The minimum absolute atomic E-state index is 0.276. The maximum absolute atomic E-state index is 10.7. The topological polar surface area (TPSA) is 37.3 Å². The molecule has 0 saturated carbocycles. The van der Waals surface area contributed by atoms with E-state index in [0.717, 1.165) is 24.7 Å². The molecule has 0 spiro atoms. The summed E-state index contributed by atoms with van der Waals surface area (Å²) in [5, 5.41) is 9.88. The molecule has 2 heteroatoms. The summed E-state index contributed by atoms with van der Waals surface area (Å²) in [5.74, 6) is -0.276. The van der Waals surface area contributed by atoms with Gasteiger partial charge in [-0.15, -0.1) is 0 Å². The highest BCUT2D eigenvalue weighted by atomic mass is 16.3. The molecule has 0 amide bonds. The second kappa shape index (κ2) is 5.55. The summed E-state index contributed by atoms with van der Waals surface area (Å²) in [6.07, 6.45) is 1.84. The average molecular weight is 192 g/mol. The van der Waals surface area contributed by atoms with E-state index >= 15 is 0 Å². The van der Waals surface area contributed by atoms with Gasteiger partial charge in [0, 0.05) is 5.92 Å². The van der Waals surface area contributed by atoms with E-state index in [4.69, 9.17) is 0 Å². The van der Waals surface area contributed by atoms with Crippen LogP contribution in [0.15, 0.2) is 30.3 Å². The zero-order chi connectivity index (χ0) is 10.4. The number of aliphatic hydroxyl groups is 1. The van der Waals surface area contributed by atoms with Crippen molar-refractivity contribution in [3.8, 4) is 0 Å². The molecule has 76 valence electrons. The summed E-state index contributed by atoms with van der Waals surface area (Å²) < 4.78 is 0. The number of carbonyl (C=O) groups is 1. The highest BCUT2D eigenvalue weighted by molar-refractivity contribution is 5.55. The summed E-state index contributed by atoms with van der Waals surface area (Å²) in [4.78, 5) is 10.7. The Morgan fingerprint density at radius 1 is 1.36 bits per heavy atom. The van der Waals surface area contributed by atoms with Crippen LogP contribution in [0.1, 0.15) is 31.4 Å². The van der Waals surface area contributed by atoms with Crippen molar-refractivity contribution in [2.75, 3.05) is 0 Å². The molecule has 0 saturated heterocycles. The second-order valence-corrected chi connectivity index (χ2v) is 3.44. The van der Waals surface area contributed by atoms with Crippen LogP contribution in [0.3, 0.4) is 0 Å². The number of aldehydes is 1. The molecule has 0 aliphatic carbocycles. The predicted octanol–water partition coefficient (Wildman–Crippen LogP) is 2.34. The molecule has 0 aliphatic rings. The molecule has 1 N–H and O–H groups in total. The van der Waals surface area contributed by atoms with Crippen LogP contribution in [0.2, 0.25) is 0 Å². The monoisotopic (exact) mass is 192 g/mol. The SMILES string of the molecule is CCCC(C=O)C(O)c1ccccc1. The average Bonchev–Trinajstić information content (AvgIpc) is 2.26. The van der Waals surface area contributed by atoms with Gasteiger partial charge >= 0.3 is 0 Å². The Morgan fingerprint density at radius 2 is 2.00 bits per heavy atom. The zero-order valence-corrected chi connectivity index (χ0v) is 8.39. The quantitative estimate of drug-likeness (QED) is 0.727. The first-order valence-corrected chi connectivity index (χ1v) is 4.98. The largest absolute Gasteiger partial charge is 0.388 e. The number of hydrogen-bond donors (Lipinski definition) is 1. The number of benzene rings is 1. The van der Waals surface area contributed by atoms with Crippen LogP contribution < -0.4 is 0 Å². The molecule has 0 aliphatic heterocycles. The van der Waals surface area contributed by atoms with Crippen LogP contribution in [0.25, 0.3) is 0 Å². The molecule has 1 aromatic carbocycles. The van der Waals surface area contributed by atoms with Gasteiger partial charge in [0.1, 0.15) is 6.29 Å². The standard InChI is InChI=1S/C12H16O2/c1-2-6-11(9-13)12(14)10-7-4-3-5-8-10/h3-5,7-9,11-12,14H,2,6H2,1H3. The fraction of sp³-hybridized carbons (Fsp3) is 0.417. The molecular formula is C12H16O2. The third-order valence-electron chi connectivity index (χ3n) is 2.34. The molecule has 0 aromatic heterocycles. The van der Waals surface area contributed by atoms with Gasteiger partial charge in [-0.2, -0.15) is 0 Å². The van der Waals surface area contributed by atoms with Crippen molar-refractivity contribution in [3.05, 3.63) is 35.9 Å². The van der Waals surface area contributed by atoms with Gasteiger partial charge in [0.15, 0.2) is 0 Å². The Labute approximate surface area is 84.6 Å². The van der Waals surface area contributed by atoms with Crippen molar-refractivity contribution in [3.63, 3.8) is 0 Å². The number of carbonyl (C=O) groups excluding carboxylic acids is 1. The lowest BCUT2D eigenvalue weighted by molar-refractivity contribution is -0.114. The Balaban J connectivity index is 2.72. The van der Waals surface area contributed by atoms with E-state index < -0.39 is 6.10 Å². The van der Waals surface area contributed by atoms with Gasteiger partial charge < -0.3 is 9.90 Å². The normalized spacial score (nSPS) is 14.7. The first kappa shape index (κ1) is 10.9. The van der Waals surface area contributed by atoms with Crippen LogP contribution in [-0.4, -0.2) is 11.4 Å². The highest BCUT2D eigenvalue weighted by Crippen LogP contribution is 2.23. The van der Waals surface area contributed by atoms with Crippen LogP contribution in [0, 0.1) is 5.92 Å². The first-order chi connectivity index (χ1) is 6.79. The van der Waals surface area contributed by atoms with E-state index in [1.54, 1.807) is 0 Å². The second-order valence-electron chi connectivity index (χ2n) is 3.44. The summed E-state index contributed by atoms with van der Waals surface area (Å²) in [7, 11) is 0. The Kier molecular flexibility index (Phi) is 4.33. The molecule has 0 heterocycles. The van der Waals surface area contributed by atoms with Crippen molar-refractivity contribution in [1.82, 2.24) is 0 Å². The van der Waals surface area contributed by atoms with Crippen LogP contribution in [0.5, 0.6) is 0 Å². The van der Waals surface area contributed by atoms with E-state index in [9.17, 15) is 9.90 Å². The molecular weight excluding hydrogens is 176 g/mol. The van der Waals surface area contributed by atoms with Crippen molar-refractivity contribution < 1.29 is 9.90 Å². The van der Waals surface area contributed by atoms with Crippen LogP contribution >= 0.6 is 0 Å². The highest BCUT2D eigenvalue weighted by Gasteiger charge is 2.18. The van der Waals surface area contributed by atoms with Gasteiger partial charge in [-0.25, -0.2) is 0 Å². The lowest BCUT2D eigenvalue weighted by Crippen LogP contribution is -2.13. The van der Waals surface area contributed by atoms with E-state index in [0.29, 0.717) is 0 Å². The maximum Gasteiger partial charge on any atom is 0.126 e. The van der Waals surface area contributed by atoms with Crippen molar-refractivity contribution in [2.24, 2.45) is 5.92 Å². The van der Waals surface area contributed by atoms with Gasteiger partial charge in [-0.1, -0.05) is 43.7 Å². The van der Waals surface area contributed by atoms with Gasteiger partial charge in [-0.3, -0.25) is 0 Å². The van der Waals surface area contributed by atoms with Gasteiger partial charge in [-0.05, 0) is 12.0 Å². The Bertz CT molecular complexity index is 269. The lowest BCUT2D eigenvalue weighted by atomic mass is 9.93. The lowest BCUT2D eigenvalue weighted by Gasteiger charge is -2.16. The summed E-state index contributed by atoms with van der Waals surface area (Å²) >= 11 is 0. The molecule has 2 atom stereocenters. The van der Waals surface area contributed by atoms with E-state index in [-0.39, 0.29) is 5.92 Å². The number of rotatable bonds is 5. The predicted molar refractivity (Wildman–Crippen MR) is 55.9 cm³/mol. The van der Waals surface area contributed by atoms with Crippen LogP contribution in [-0.2, 0) is 4.79 Å². The molecule has 1 rings (SSSR count). The third kappa shape index (κ3) is 2.67. The number of aliphatic hydroxyl groups excluding tert-OH is 1. The van der Waals surface area contributed by atoms with Gasteiger partial charge in [0.25, 0.3) is 0 Å². The Morgan fingerprint density at radius 3 is 2.50 bits per heavy atom. The van der Waals surface area contributed by atoms with Crippen LogP contribution in [0.4, 0.5) is 0 Å². The van der Waals surface area contributed by atoms with Gasteiger partial charge in [0.05, 0.1) is 6.10 Å². The smallest absolute Gasteiger partial charge is 0.126 e. The summed E-state index contributed by atoms with van der Waals surface area (Å²) in [6.45, 7) is 2.01. The van der Waals surface area contributed by atoms with E-state index in [2.05, 4.69) is 0 Å². The van der Waals surface area contributed by atoms with Crippen molar-refractivity contribution in [2.45, 2.75) is 25.9 Å². The first-order valence-electron chi connectivity index (χ1n) is 4.98. The molecule has 14 heavy (non-hydrogen) atoms. The summed E-state index contributed by atoms with van der Waals surface area (Å²) in [6, 6.07) is 9.32. The minimum atomic E-state index is -0.659. The molecule has 2 nitrogen and oxygen atoms in total. The summed E-state index contributed by atoms with van der Waals surface area (Å²) in [5.41, 5.74) is 0.818. The van der Waals surface area contributed by atoms with Crippen molar-refractivity contribution in [1.29, 1.82) is 0 Å². The van der Waals surface area contributed by atoms with Crippen molar-refractivity contribution >= 4 is 6.29 Å². The number of hydrogen-bond acceptors (Lipinski definition) is 2. The molecule has 0 radical (unpaired) electrons. The third-order valence-corrected chi connectivity index (χ3v) is 2.34. The fourth-order valence-corrected chi connectivity index (χ4v) is 1.53. The van der Waals surface area contributed by atoms with E-state index in [1.165, 1.54) is 0 Å². The fourth-order valence-electron chi connectivity index (χ4n) is 1.53. The Hall–Kier alpha value is -1.15. The van der Waals surface area contributed by atoms with E-state index in [1.807, 2.05) is 37.3 Å².